The van der Waals surface area contributed by atoms with E-state index in [-0.39, 0.29) is 12.4 Å². The molecule has 1 N–H and O–H groups in total. The largest absolute Gasteiger partial charge is 0.311 e. The molecule has 1 heterocycles. The number of anilines is 1. The summed E-state index contributed by atoms with van der Waals surface area (Å²) < 4.78 is 0. The van der Waals surface area contributed by atoms with Crippen LogP contribution in [0.4, 0.5) is 5.69 Å². The highest BCUT2D eigenvalue weighted by atomic mass is 35.5. The van der Waals surface area contributed by atoms with E-state index in [2.05, 4.69) is 17.4 Å². The summed E-state index contributed by atoms with van der Waals surface area (Å²) in [4.78, 5) is 14.1. The van der Waals surface area contributed by atoms with E-state index >= 15 is 0 Å². The minimum Gasteiger partial charge on any atom is -0.311 e. The average molecular weight is 253 g/mol. The first-order valence-electron chi connectivity index (χ1n) is 5.96. The maximum Gasteiger partial charge on any atom is 0.230 e. The lowest BCUT2D eigenvalue weighted by molar-refractivity contribution is -0.119. The monoisotopic (exact) mass is 252 g/mol. The number of benzene rings is 1. The number of halogens is 1. The molecule has 0 saturated heterocycles. The van der Waals surface area contributed by atoms with Crippen molar-refractivity contribution >= 4 is 24.0 Å². The van der Waals surface area contributed by atoms with E-state index in [1.165, 1.54) is 5.56 Å². The molecule has 0 radical (unpaired) electrons. The van der Waals surface area contributed by atoms with E-state index in [4.69, 9.17) is 0 Å². The van der Waals surface area contributed by atoms with Crippen molar-refractivity contribution in [2.75, 3.05) is 18.0 Å². The quantitative estimate of drug-likeness (QED) is 0.829. The normalized spacial score (nSPS) is 18.9. The Bertz CT molecular complexity index is 418. The summed E-state index contributed by atoms with van der Waals surface area (Å²) in [5, 5.41) is 3.35. The fourth-order valence-electron chi connectivity index (χ4n) is 2.24. The van der Waals surface area contributed by atoms with Gasteiger partial charge in [0.2, 0.25) is 5.91 Å². The van der Waals surface area contributed by atoms with Crippen LogP contribution < -0.4 is 10.2 Å². The molecule has 0 aromatic heterocycles. The number of carbonyl (C=O) groups excluding carboxylic acids is 1. The summed E-state index contributed by atoms with van der Waals surface area (Å²) in [6.07, 6.45) is 2.15. The first-order valence-corrected chi connectivity index (χ1v) is 5.96. The van der Waals surface area contributed by atoms with E-state index in [0.717, 1.165) is 38.2 Å². The number of rotatable bonds is 1. The molecule has 1 amide bonds. The number of hydrogen-bond acceptors (Lipinski definition) is 2. The third-order valence-corrected chi connectivity index (χ3v) is 3.30. The summed E-state index contributed by atoms with van der Waals surface area (Å²) in [7, 11) is 0. The SMILES string of the molecule is Cl.O=C(C1CC1)N1CCNCc2ccccc21. The van der Waals surface area contributed by atoms with Crippen LogP contribution in [0.3, 0.4) is 0 Å². The predicted octanol–water partition coefficient (Wildman–Crippen LogP) is 1.95. The van der Waals surface area contributed by atoms with Crippen LogP contribution in [-0.2, 0) is 11.3 Å². The van der Waals surface area contributed by atoms with Crippen molar-refractivity contribution in [2.45, 2.75) is 19.4 Å². The van der Waals surface area contributed by atoms with Crippen molar-refractivity contribution in [3.05, 3.63) is 29.8 Å². The molecule has 1 aromatic rings. The number of amides is 1. The van der Waals surface area contributed by atoms with Crippen LogP contribution in [0.1, 0.15) is 18.4 Å². The molecule has 0 spiro atoms. The minimum atomic E-state index is 0. The molecule has 1 aliphatic heterocycles. The number of nitrogens with one attached hydrogen (secondary N) is 1. The lowest BCUT2D eigenvalue weighted by atomic mass is 10.1. The zero-order valence-electron chi connectivity index (χ0n) is 9.69. The van der Waals surface area contributed by atoms with Crippen LogP contribution in [0.25, 0.3) is 0 Å². The maximum atomic E-state index is 12.2. The van der Waals surface area contributed by atoms with E-state index in [1.807, 2.05) is 17.0 Å². The zero-order chi connectivity index (χ0) is 11.0. The van der Waals surface area contributed by atoms with Gasteiger partial charge < -0.3 is 10.2 Å². The number of fused-ring (bicyclic) bond motifs is 1. The van der Waals surface area contributed by atoms with Crippen molar-refractivity contribution in [3.63, 3.8) is 0 Å². The van der Waals surface area contributed by atoms with Crippen molar-refractivity contribution < 1.29 is 4.79 Å². The summed E-state index contributed by atoms with van der Waals surface area (Å²) in [5.74, 6) is 0.613. The average Bonchev–Trinajstić information content (AvgIpc) is 3.15. The molecule has 1 fully saturated rings. The van der Waals surface area contributed by atoms with Crippen LogP contribution in [0.2, 0.25) is 0 Å². The Kier molecular flexibility index (Phi) is 3.69. The van der Waals surface area contributed by atoms with Crippen LogP contribution in [0.5, 0.6) is 0 Å². The Labute approximate surface area is 108 Å². The number of carbonyl (C=O) groups is 1. The molecular formula is C13H17ClN2O. The fourth-order valence-corrected chi connectivity index (χ4v) is 2.24. The minimum absolute atomic E-state index is 0. The van der Waals surface area contributed by atoms with Gasteiger partial charge in [-0.1, -0.05) is 18.2 Å². The van der Waals surface area contributed by atoms with E-state index in [0.29, 0.717) is 11.8 Å². The summed E-state index contributed by atoms with van der Waals surface area (Å²) in [5.41, 5.74) is 2.33. The second-order valence-electron chi connectivity index (χ2n) is 4.57. The molecule has 92 valence electrons. The van der Waals surface area contributed by atoms with Crippen molar-refractivity contribution in [1.82, 2.24) is 5.32 Å². The zero-order valence-corrected chi connectivity index (χ0v) is 10.5. The number of para-hydroxylation sites is 1. The van der Waals surface area contributed by atoms with E-state index < -0.39 is 0 Å². The van der Waals surface area contributed by atoms with Crippen LogP contribution in [-0.4, -0.2) is 19.0 Å². The Morgan fingerprint density at radius 3 is 2.82 bits per heavy atom. The molecule has 3 rings (SSSR count). The molecule has 0 unspecified atom stereocenters. The van der Waals surface area contributed by atoms with Crippen molar-refractivity contribution in [2.24, 2.45) is 5.92 Å². The van der Waals surface area contributed by atoms with Crippen molar-refractivity contribution in [1.29, 1.82) is 0 Å². The number of hydrogen-bond donors (Lipinski definition) is 1. The predicted molar refractivity (Wildman–Crippen MR) is 70.5 cm³/mol. The molecule has 3 nitrogen and oxygen atoms in total. The second-order valence-corrected chi connectivity index (χ2v) is 4.57. The highest BCUT2D eigenvalue weighted by molar-refractivity contribution is 5.97. The Balaban J connectivity index is 0.00000108. The van der Waals surface area contributed by atoms with Crippen LogP contribution in [0, 0.1) is 5.92 Å². The Morgan fingerprint density at radius 2 is 2.06 bits per heavy atom. The van der Waals surface area contributed by atoms with Crippen LogP contribution >= 0.6 is 12.4 Å². The van der Waals surface area contributed by atoms with Gasteiger partial charge in [0.05, 0.1) is 0 Å². The molecule has 17 heavy (non-hydrogen) atoms. The second kappa shape index (κ2) is 5.07. The molecule has 4 heteroatoms. The van der Waals surface area contributed by atoms with Gasteiger partial charge in [-0.2, -0.15) is 0 Å². The topological polar surface area (TPSA) is 32.3 Å². The molecule has 0 atom stereocenters. The lowest BCUT2D eigenvalue weighted by Gasteiger charge is -2.22. The Hall–Kier alpha value is -1.06. The molecule has 1 aliphatic carbocycles. The molecule has 2 aliphatic rings. The van der Waals surface area contributed by atoms with Gasteiger partial charge in [-0.05, 0) is 24.5 Å². The van der Waals surface area contributed by atoms with Gasteiger partial charge in [-0.25, -0.2) is 0 Å². The highest BCUT2D eigenvalue weighted by Crippen LogP contribution is 2.34. The standard InChI is InChI=1S/C13H16N2O.ClH/c16-13(10-5-6-10)15-8-7-14-9-11-3-1-2-4-12(11)15;/h1-4,10,14H,5-9H2;1H. The smallest absolute Gasteiger partial charge is 0.230 e. The summed E-state index contributed by atoms with van der Waals surface area (Å²) >= 11 is 0. The van der Waals surface area contributed by atoms with Gasteiger partial charge in [-0.3, -0.25) is 4.79 Å². The van der Waals surface area contributed by atoms with E-state index in [1.54, 1.807) is 0 Å². The van der Waals surface area contributed by atoms with Gasteiger partial charge in [0.15, 0.2) is 0 Å². The lowest BCUT2D eigenvalue weighted by Crippen LogP contribution is -2.35. The summed E-state index contributed by atoms with van der Waals surface area (Å²) in [6, 6.07) is 8.20. The number of nitrogens with zero attached hydrogens (tertiary/aromatic N) is 1. The summed E-state index contributed by atoms with van der Waals surface area (Å²) in [6.45, 7) is 2.55. The first kappa shape index (κ1) is 12.4. The Morgan fingerprint density at radius 1 is 1.29 bits per heavy atom. The van der Waals surface area contributed by atoms with Gasteiger partial charge in [0, 0.05) is 31.2 Å². The third-order valence-electron chi connectivity index (χ3n) is 3.30. The third kappa shape index (κ3) is 2.45. The van der Waals surface area contributed by atoms with Gasteiger partial charge in [0.1, 0.15) is 0 Å². The molecule has 1 saturated carbocycles. The van der Waals surface area contributed by atoms with Gasteiger partial charge >= 0.3 is 0 Å². The molecule has 0 bridgehead atoms. The highest BCUT2D eigenvalue weighted by Gasteiger charge is 2.34. The van der Waals surface area contributed by atoms with Crippen molar-refractivity contribution in [3.8, 4) is 0 Å². The first-order chi connectivity index (χ1) is 7.86. The fraction of sp³-hybridized carbons (Fsp3) is 0.462. The van der Waals surface area contributed by atoms with Crippen LogP contribution in [0.15, 0.2) is 24.3 Å². The van der Waals surface area contributed by atoms with Gasteiger partial charge in [-0.15, -0.1) is 12.4 Å². The van der Waals surface area contributed by atoms with Gasteiger partial charge in [0.25, 0.3) is 0 Å². The van der Waals surface area contributed by atoms with E-state index in [9.17, 15) is 4.79 Å². The molecule has 1 aromatic carbocycles. The maximum absolute atomic E-state index is 12.2. The molecular weight excluding hydrogens is 236 g/mol.